The number of likely N-dealkylation sites (N-methyl/N-ethyl adjacent to an activating group) is 1. The smallest absolute Gasteiger partial charge is 0.141 e. The zero-order valence-corrected chi connectivity index (χ0v) is 11.1. The van der Waals surface area contributed by atoms with Gasteiger partial charge < -0.3 is 5.32 Å². The normalized spacial score (nSPS) is 12.8. The standard InChI is InChI=1S/C12H20N6/c1-4-9-6-10(18(3)17-9)7-11(13-5-2)12-14-8-15-16-12/h6,8,11,13H,4-5,7H2,1-3H3,(H,14,15,16). The average Bonchev–Trinajstić information content (AvgIpc) is 2.99. The van der Waals surface area contributed by atoms with E-state index in [2.05, 4.69) is 45.5 Å². The first-order valence-corrected chi connectivity index (χ1v) is 6.35. The van der Waals surface area contributed by atoms with E-state index in [4.69, 9.17) is 0 Å². The summed E-state index contributed by atoms with van der Waals surface area (Å²) in [6, 6.07) is 2.30. The van der Waals surface area contributed by atoms with E-state index in [1.54, 1.807) is 6.33 Å². The zero-order chi connectivity index (χ0) is 13.0. The second kappa shape index (κ2) is 5.77. The van der Waals surface area contributed by atoms with Gasteiger partial charge in [-0.3, -0.25) is 9.78 Å². The molecule has 0 fully saturated rings. The van der Waals surface area contributed by atoms with Crippen molar-refractivity contribution in [2.45, 2.75) is 32.7 Å². The summed E-state index contributed by atoms with van der Waals surface area (Å²) in [4.78, 5) is 4.23. The monoisotopic (exact) mass is 248 g/mol. The van der Waals surface area contributed by atoms with E-state index < -0.39 is 0 Å². The molecule has 98 valence electrons. The fourth-order valence-corrected chi connectivity index (χ4v) is 2.04. The number of aromatic nitrogens is 5. The number of aryl methyl sites for hydroxylation is 2. The molecule has 6 nitrogen and oxygen atoms in total. The highest BCUT2D eigenvalue weighted by molar-refractivity contribution is 5.13. The van der Waals surface area contributed by atoms with Crippen molar-refractivity contribution in [3.8, 4) is 0 Å². The number of nitrogens with zero attached hydrogens (tertiary/aromatic N) is 4. The topological polar surface area (TPSA) is 71.4 Å². The van der Waals surface area contributed by atoms with Gasteiger partial charge in [0.1, 0.15) is 12.2 Å². The minimum absolute atomic E-state index is 0.151. The molecule has 0 radical (unpaired) electrons. The predicted molar refractivity (Wildman–Crippen MR) is 69.1 cm³/mol. The first kappa shape index (κ1) is 12.8. The number of rotatable bonds is 6. The summed E-state index contributed by atoms with van der Waals surface area (Å²) >= 11 is 0. The number of hydrogen-bond acceptors (Lipinski definition) is 4. The maximum absolute atomic E-state index is 4.47. The molecule has 1 atom stereocenters. The molecular weight excluding hydrogens is 228 g/mol. The van der Waals surface area contributed by atoms with Gasteiger partial charge in [-0.1, -0.05) is 13.8 Å². The van der Waals surface area contributed by atoms with Crippen molar-refractivity contribution in [1.82, 2.24) is 30.3 Å². The van der Waals surface area contributed by atoms with Gasteiger partial charge in [0, 0.05) is 19.2 Å². The summed E-state index contributed by atoms with van der Waals surface area (Å²) in [5.41, 5.74) is 2.33. The Morgan fingerprint density at radius 2 is 2.28 bits per heavy atom. The molecule has 0 aromatic carbocycles. The molecule has 2 N–H and O–H groups in total. The van der Waals surface area contributed by atoms with Crippen LogP contribution in [-0.4, -0.2) is 31.5 Å². The van der Waals surface area contributed by atoms with Crippen LogP contribution < -0.4 is 5.32 Å². The van der Waals surface area contributed by atoms with Gasteiger partial charge in [0.15, 0.2) is 0 Å². The molecule has 2 aromatic heterocycles. The molecule has 1 unspecified atom stereocenters. The average molecular weight is 248 g/mol. The second-order valence-electron chi connectivity index (χ2n) is 4.29. The van der Waals surface area contributed by atoms with Gasteiger partial charge in [-0.15, -0.1) is 0 Å². The van der Waals surface area contributed by atoms with Crippen molar-refractivity contribution < 1.29 is 0 Å². The molecule has 6 heteroatoms. The van der Waals surface area contributed by atoms with Gasteiger partial charge in [0.25, 0.3) is 0 Å². The van der Waals surface area contributed by atoms with Crippen LogP contribution in [0.3, 0.4) is 0 Å². The van der Waals surface area contributed by atoms with E-state index >= 15 is 0 Å². The largest absolute Gasteiger partial charge is 0.307 e. The van der Waals surface area contributed by atoms with Gasteiger partial charge in [-0.25, -0.2) is 4.98 Å². The summed E-state index contributed by atoms with van der Waals surface area (Å²) in [7, 11) is 1.98. The Labute approximate surface area is 107 Å². The van der Waals surface area contributed by atoms with Crippen LogP contribution in [0.1, 0.15) is 37.1 Å². The van der Waals surface area contributed by atoms with Crippen molar-refractivity contribution in [2.24, 2.45) is 7.05 Å². The molecular formula is C12H20N6. The lowest BCUT2D eigenvalue weighted by molar-refractivity contribution is 0.506. The lowest BCUT2D eigenvalue weighted by atomic mass is 10.1. The van der Waals surface area contributed by atoms with Crippen molar-refractivity contribution >= 4 is 0 Å². The molecule has 2 rings (SSSR count). The lowest BCUT2D eigenvalue weighted by Crippen LogP contribution is -2.25. The van der Waals surface area contributed by atoms with Crippen molar-refractivity contribution in [1.29, 1.82) is 0 Å². The molecule has 0 aliphatic heterocycles. The highest BCUT2D eigenvalue weighted by Crippen LogP contribution is 2.15. The Morgan fingerprint density at radius 3 is 2.83 bits per heavy atom. The van der Waals surface area contributed by atoms with Crippen LogP contribution >= 0.6 is 0 Å². The van der Waals surface area contributed by atoms with Crippen LogP contribution in [0.15, 0.2) is 12.4 Å². The van der Waals surface area contributed by atoms with Gasteiger partial charge in [0.05, 0.1) is 11.7 Å². The maximum Gasteiger partial charge on any atom is 0.141 e. The summed E-state index contributed by atoms with van der Waals surface area (Å²) in [6.45, 7) is 5.10. The van der Waals surface area contributed by atoms with Gasteiger partial charge >= 0.3 is 0 Å². The van der Waals surface area contributed by atoms with E-state index in [9.17, 15) is 0 Å². The third kappa shape index (κ3) is 2.76. The van der Waals surface area contributed by atoms with E-state index in [0.717, 1.165) is 30.9 Å². The highest BCUT2D eigenvalue weighted by atomic mass is 15.3. The van der Waals surface area contributed by atoms with Crippen molar-refractivity contribution in [2.75, 3.05) is 6.54 Å². The van der Waals surface area contributed by atoms with E-state index in [1.807, 2.05) is 11.7 Å². The minimum Gasteiger partial charge on any atom is -0.307 e. The highest BCUT2D eigenvalue weighted by Gasteiger charge is 2.16. The number of H-pyrrole nitrogens is 1. The predicted octanol–water partition coefficient (Wildman–Crippen LogP) is 0.994. The van der Waals surface area contributed by atoms with Crippen LogP contribution in [0, 0.1) is 0 Å². The van der Waals surface area contributed by atoms with Crippen LogP contribution in [0.4, 0.5) is 0 Å². The van der Waals surface area contributed by atoms with Crippen LogP contribution in [0.5, 0.6) is 0 Å². The fraction of sp³-hybridized carbons (Fsp3) is 0.583. The lowest BCUT2D eigenvalue weighted by Gasteiger charge is -2.14. The van der Waals surface area contributed by atoms with Gasteiger partial charge in [0.2, 0.25) is 0 Å². The minimum atomic E-state index is 0.151. The van der Waals surface area contributed by atoms with E-state index in [1.165, 1.54) is 5.69 Å². The molecule has 0 spiro atoms. The molecule has 2 heterocycles. The van der Waals surface area contributed by atoms with E-state index in [0.29, 0.717) is 0 Å². The van der Waals surface area contributed by atoms with Gasteiger partial charge in [-0.2, -0.15) is 10.2 Å². The third-order valence-electron chi connectivity index (χ3n) is 3.02. The zero-order valence-electron chi connectivity index (χ0n) is 11.1. The Balaban J connectivity index is 2.15. The number of aromatic amines is 1. The number of hydrogen-bond donors (Lipinski definition) is 2. The SMILES string of the molecule is CCNC(Cc1cc(CC)nn1C)c1ncn[nH]1. The Kier molecular flexibility index (Phi) is 4.09. The molecule has 0 aliphatic rings. The molecule has 0 saturated carbocycles. The molecule has 2 aromatic rings. The molecule has 0 saturated heterocycles. The van der Waals surface area contributed by atoms with E-state index in [-0.39, 0.29) is 6.04 Å². The quantitative estimate of drug-likeness (QED) is 0.800. The summed E-state index contributed by atoms with van der Waals surface area (Å²) in [5, 5.41) is 14.7. The summed E-state index contributed by atoms with van der Waals surface area (Å²) in [6.07, 6.45) is 3.36. The molecule has 0 bridgehead atoms. The molecule has 0 amide bonds. The van der Waals surface area contributed by atoms with Crippen LogP contribution in [0.25, 0.3) is 0 Å². The third-order valence-corrected chi connectivity index (χ3v) is 3.02. The van der Waals surface area contributed by atoms with Crippen LogP contribution in [-0.2, 0) is 19.9 Å². The summed E-state index contributed by atoms with van der Waals surface area (Å²) < 4.78 is 1.94. The summed E-state index contributed by atoms with van der Waals surface area (Å²) in [5.74, 6) is 0.871. The molecule has 0 aliphatic carbocycles. The Hall–Kier alpha value is -1.69. The Bertz CT molecular complexity index is 473. The van der Waals surface area contributed by atoms with Gasteiger partial charge in [-0.05, 0) is 19.0 Å². The maximum atomic E-state index is 4.47. The van der Waals surface area contributed by atoms with Crippen LogP contribution in [0.2, 0.25) is 0 Å². The number of nitrogens with one attached hydrogen (secondary N) is 2. The second-order valence-corrected chi connectivity index (χ2v) is 4.29. The molecule has 18 heavy (non-hydrogen) atoms. The fourth-order valence-electron chi connectivity index (χ4n) is 2.04. The van der Waals surface area contributed by atoms with Crippen molar-refractivity contribution in [3.05, 3.63) is 29.6 Å². The van der Waals surface area contributed by atoms with Crippen molar-refractivity contribution in [3.63, 3.8) is 0 Å². The first-order chi connectivity index (χ1) is 8.74. The first-order valence-electron chi connectivity index (χ1n) is 6.35. The Morgan fingerprint density at radius 1 is 1.44 bits per heavy atom.